The van der Waals surface area contributed by atoms with Gasteiger partial charge in [0.15, 0.2) is 0 Å². The molecule has 0 aliphatic heterocycles. The van der Waals surface area contributed by atoms with E-state index in [9.17, 15) is 13.2 Å². The minimum atomic E-state index is -4.43. The summed E-state index contributed by atoms with van der Waals surface area (Å²) in [6.45, 7) is 5.79. The molecule has 0 unspecified atom stereocenters. The van der Waals surface area contributed by atoms with Gasteiger partial charge in [0.1, 0.15) is 0 Å². The van der Waals surface area contributed by atoms with Crippen LogP contribution in [0.3, 0.4) is 0 Å². The summed E-state index contributed by atoms with van der Waals surface area (Å²) in [6, 6.07) is 3.80. The van der Waals surface area contributed by atoms with Gasteiger partial charge in [-0.15, -0.1) is 0 Å². The molecule has 0 saturated carbocycles. The lowest BCUT2D eigenvalue weighted by Crippen LogP contribution is -2.13. The van der Waals surface area contributed by atoms with E-state index in [1.54, 1.807) is 0 Å². The summed E-state index contributed by atoms with van der Waals surface area (Å²) in [6.07, 6.45) is -3.46. The van der Waals surface area contributed by atoms with Crippen molar-refractivity contribution in [1.82, 2.24) is 0 Å². The van der Waals surface area contributed by atoms with Crippen LogP contribution in [-0.2, 0) is 10.9 Å². The predicted molar refractivity (Wildman–Crippen MR) is 74.6 cm³/mol. The molecule has 3 N–H and O–H groups in total. The number of hydrogen-bond donors (Lipinski definition) is 2. The first-order chi connectivity index (χ1) is 9.30. The van der Waals surface area contributed by atoms with Gasteiger partial charge in [0.05, 0.1) is 12.2 Å². The molecule has 0 aliphatic rings. The van der Waals surface area contributed by atoms with E-state index < -0.39 is 11.7 Å². The summed E-state index contributed by atoms with van der Waals surface area (Å²) < 4.78 is 43.4. The van der Waals surface area contributed by atoms with E-state index in [-0.39, 0.29) is 5.69 Å². The normalized spacial score (nSPS) is 11.9. The van der Waals surface area contributed by atoms with Crippen molar-refractivity contribution in [3.05, 3.63) is 23.8 Å². The molecule has 1 rings (SSSR count). The molecule has 0 atom stereocenters. The lowest BCUT2D eigenvalue weighted by molar-refractivity contribution is -0.136. The van der Waals surface area contributed by atoms with Crippen molar-refractivity contribution in [3.63, 3.8) is 0 Å². The van der Waals surface area contributed by atoms with Crippen molar-refractivity contribution in [3.8, 4) is 0 Å². The van der Waals surface area contributed by atoms with Crippen LogP contribution in [0.4, 0.5) is 24.5 Å². The first-order valence-electron chi connectivity index (χ1n) is 6.59. The number of rotatable bonds is 7. The molecule has 1 aromatic rings. The Hall–Kier alpha value is -1.43. The fraction of sp³-hybridized carbons (Fsp3) is 0.571. The summed E-state index contributed by atoms with van der Waals surface area (Å²) in [5, 5.41) is 2.89. The van der Waals surface area contributed by atoms with Crippen molar-refractivity contribution in [2.75, 3.05) is 30.8 Å². The van der Waals surface area contributed by atoms with E-state index in [1.165, 1.54) is 12.1 Å². The number of anilines is 2. The molecular formula is C14H21F3N2O. The van der Waals surface area contributed by atoms with Crippen LogP contribution in [0.1, 0.15) is 25.8 Å². The first-order valence-corrected chi connectivity index (χ1v) is 6.59. The Labute approximate surface area is 117 Å². The van der Waals surface area contributed by atoms with Crippen LogP contribution in [0.15, 0.2) is 18.2 Å². The Bertz CT molecular complexity index is 419. The molecule has 0 fully saturated rings. The second-order valence-electron chi connectivity index (χ2n) is 5.02. The Morgan fingerprint density at radius 1 is 1.25 bits per heavy atom. The average molecular weight is 290 g/mol. The largest absolute Gasteiger partial charge is 0.418 e. The van der Waals surface area contributed by atoms with E-state index >= 15 is 0 Å². The van der Waals surface area contributed by atoms with Gasteiger partial charge in [0.2, 0.25) is 0 Å². The van der Waals surface area contributed by atoms with Gasteiger partial charge < -0.3 is 15.8 Å². The second kappa shape index (κ2) is 7.38. The van der Waals surface area contributed by atoms with Crippen molar-refractivity contribution in [1.29, 1.82) is 0 Å². The fourth-order valence-electron chi connectivity index (χ4n) is 1.60. The highest BCUT2D eigenvalue weighted by Crippen LogP contribution is 2.34. The summed E-state index contributed by atoms with van der Waals surface area (Å²) in [5.74, 6) is 0.578. The number of halogens is 3. The molecule has 3 nitrogen and oxygen atoms in total. The molecule has 0 heterocycles. The van der Waals surface area contributed by atoms with Crippen LogP contribution >= 0.6 is 0 Å². The minimum absolute atomic E-state index is 0.267. The van der Waals surface area contributed by atoms with Crippen molar-refractivity contribution >= 4 is 11.4 Å². The Morgan fingerprint density at radius 3 is 2.55 bits per heavy atom. The van der Waals surface area contributed by atoms with Crippen LogP contribution in [0, 0.1) is 5.92 Å². The molecule has 114 valence electrons. The second-order valence-corrected chi connectivity index (χ2v) is 5.02. The third-order valence-corrected chi connectivity index (χ3v) is 2.77. The molecular weight excluding hydrogens is 269 g/mol. The fourth-order valence-corrected chi connectivity index (χ4v) is 1.60. The van der Waals surface area contributed by atoms with Crippen LogP contribution < -0.4 is 11.1 Å². The summed E-state index contributed by atoms with van der Waals surface area (Å²) in [4.78, 5) is 0. The Kier molecular flexibility index (Phi) is 6.13. The number of ether oxygens (including phenoxy) is 1. The lowest BCUT2D eigenvalue weighted by atomic mass is 10.1. The number of nitrogens with one attached hydrogen (secondary N) is 1. The number of benzene rings is 1. The molecule has 0 saturated heterocycles. The quantitative estimate of drug-likeness (QED) is 0.593. The molecule has 0 spiro atoms. The zero-order valence-electron chi connectivity index (χ0n) is 11.8. The topological polar surface area (TPSA) is 47.3 Å². The van der Waals surface area contributed by atoms with Gasteiger partial charge in [-0.2, -0.15) is 13.2 Å². The maximum atomic E-state index is 12.7. The van der Waals surface area contributed by atoms with Crippen LogP contribution in [-0.4, -0.2) is 19.8 Å². The van der Waals surface area contributed by atoms with Crippen molar-refractivity contribution < 1.29 is 17.9 Å². The van der Waals surface area contributed by atoms with Gasteiger partial charge >= 0.3 is 6.18 Å². The zero-order valence-corrected chi connectivity index (χ0v) is 11.8. The van der Waals surface area contributed by atoms with Gasteiger partial charge in [0.25, 0.3) is 0 Å². The third kappa shape index (κ3) is 5.69. The van der Waals surface area contributed by atoms with Gasteiger partial charge in [-0.3, -0.25) is 0 Å². The minimum Gasteiger partial charge on any atom is -0.398 e. The summed E-state index contributed by atoms with van der Waals surface area (Å²) >= 11 is 0. The van der Waals surface area contributed by atoms with Gasteiger partial charge in [-0.05, 0) is 30.5 Å². The monoisotopic (exact) mass is 290 g/mol. The number of nitrogens with two attached hydrogens (primary N) is 1. The zero-order chi connectivity index (χ0) is 15.2. The van der Waals surface area contributed by atoms with E-state index in [0.717, 1.165) is 12.5 Å². The SMILES string of the molecule is CC(C)CCOCCNc1ccc(N)c(C(F)(F)F)c1. The van der Waals surface area contributed by atoms with Gasteiger partial charge in [0, 0.05) is 24.5 Å². The van der Waals surface area contributed by atoms with Crippen LogP contribution in [0.5, 0.6) is 0 Å². The summed E-state index contributed by atoms with van der Waals surface area (Å²) in [5.41, 5.74) is 4.63. The Balaban J connectivity index is 2.41. The highest BCUT2D eigenvalue weighted by atomic mass is 19.4. The number of alkyl halides is 3. The molecule has 0 radical (unpaired) electrons. The molecule has 6 heteroatoms. The van der Waals surface area contributed by atoms with E-state index in [1.807, 2.05) is 0 Å². The smallest absolute Gasteiger partial charge is 0.398 e. The standard InChI is InChI=1S/C14H21F3N2O/c1-10(2)5-7-20-8-6-19-11-3-4-13(18)12(9-11)14(15,16)17/h3-4,9-10,19H,5-8,18H2,1-2H3. The highest BCUT2D eigenvalue weighted by molar-refractivity contribution is 5.58. The maximum Gasteiger partial charge on any atom is 0.418 e. The van der Waals surface area contributed by atoms with Crippen LogP contribution in [0.25, 0.3) is 0 Å². The number of nitrogen functional groups attached to an aromatic ring is 1. The first kappa shape index (κ1) is 16.6. The molecule has 0 bridgehead atoms. The average Bonchev–Trinajstić information content (AvgIpc) is 2.33. The maximum absolute atomic E-state index is 12.7. The van der Waals surface area contributed by atoms with Crippen molar-refractivity contribution in [2.24, 2.45) is 5.92 Å². The third-order valence-electron chi connectivity index (χ3n) is 2.77. The molecule has 0 amide bonds. The highest BCUT2D eigenvalue weighted by Gasteiger charge is 2.33. The summed E-state index contributed by atoms with van der Waals surface area (Å²) in [7, 11) is 0. The number of hydrogen-bond acceptors (Lipinski definition) is 3. The van der Waals surface area contributed by atoms with E-state index in [2.05, 4.69) is 19.2 Å². The van der Waals surface area contributed by atoms with Gasteiger partial charge in [-0.25, -0.2) is 0 Å². The van der Waals surface area contributed by atoms with E-state index in [0.29, 0.717) is 31.4 Å². The van der Waals surface area contributed by atoms with Crippen LogP contribution in [0.2, 0.25) is 0 Å². The Morgan fingerprint density at radius 2 is 1.95 bits per heavy atom. The predicted octanol–water partition coefficient (Wildman–Crippen LogP) is 3.76. The molecule has 20 heavy (non-hydrogen) atoms. The molecule has 0 aliphatic carbocycles. The lowest BCUT2D eigenvalue weighted by Gasteiger charge is -2.13. The van der Waals surface area contributed by atoms with Crippen molar-refractivity contribution in [2.45, 2.75) is 26.4 Å². The molecule has 0 aromatic heterocycles. The van der Waals surface area contributed by atoms with Gasteiger partial charge in [-0.1, -0.05) is 13.8 Å². The van der Waals surface area contributed by atoms with E-state index in [4.69, 9.17) is 10.5 Å². The molecule has 1 aromatic carbocycles.